The van der Waals surface area contributed by atoms with Crippen LogP contribution in [0.4, 0.5) is 5.13 Å². The maximum absolute atomic E-state index is 12.6. The average Bonchev–Trinajstić information content (AvgIpc) is 3.07. The molecule has 1 aliphatic heterocycles. The molecule has 5 nitrogen and oxygen atoms in total. The lowest BCUT2D eigenvalue weighted by molar-refractivity contribution is -0.130. The van der Waals surface area contributed by atoms with Gasteiger partial charge >= 0.3 is 0 Å². The minimum atomic E-state index is -0.474. The first kappa shape index (κ1) is 18.4. The number of amides is 2. The van der Waals surface area contributed by atoms with Gasteiger partial charge in [0, 0.05) is 20.7 Å². The van der Waals surface area contributed by atoms with E-state index in [0.29, 0.717) is 10.9 Å². The summed E-state index contributed by atoms with van der Waals surface area (Å²) in [5.74, 6) is 0.392. The lowest BCUT2D eigenvalue weighted by Gasteiger charge is -2.29. The van der Waals surface area contributed by atoms with Crippen molar-refractivity contribution in [3.05, 3.63) is 33.6 Å². The zero-order chi connectivity index (χ0) is 18.2. The number of nitrogens with zero attached hydrogens (tertiary/aromatic N) is 2. The Kier molecular flexibility index (Phi) is 5.22. The molecule has 132 valence electrons. The molecule has 0 saturated carbocycles. The predicted molar refractivity (Wildman–Crippen MR) is 107 cm³/mol. The molecule has 0 aliphatic carbocycles. The van der Waals surface area contributed by atoms with Gasteiger partial charge in [-0.15, -0.1) is 23.1 Å². The Bertz CT molecular complexity index is 805. The number of anilines is 1. The number of benzene rings is 1. The number of thiazole rings is 1. The summed E-state index contributed by atoms with van der Waals surface area (Å²) in [5.41, 5.74) is 1.87. The first-order valence-electron chi connectivity index (χ1n) is 7.74. The quantitative estimate of drug-likeness (QED) is 0.727. The van der Waals surface area contributed by atoms with Crippen LogP contribution in [0.3, 0.4) is 0 Å². The topological polar surface area (TPSA) is 62.3 Å². The van der Waals surface area contributed by atoms with Crippen LogP contribution in [0.25, 0.3) is 11.3 Å². The van der Waals surface area contributed by atoms with E-state index in [1.807, 2.05) is 45.0 Å². The fraction of sp³-hybridized carbons (Fsp3) is 0.353. The van der Waals surface area contributed by atoms with Crippen LogP contribution in [0.2, 0.25) is 0 Å². The van der Waals surface area contributed by atoms with Crippen molar-refractivity contribution < 1.29 is 9.59 Å². The summed E-state index contributed by atoms with van der Waals surface area (Å²) in [6, 6.07) is 7.43. The Morgan fingerprint density at radius 1 is 1.40 bits per heavy atom. The van der Waals surface area contributed by atoms with Gasteiger partial charge in [-0.1, -0.05) is 28.1 Å². The van der Waals surface area contributed by atoms with Gasteiger partial charge in [-0.3, -0.25) is 9.59 Å². The van der Waals surface area contributed by atoms with E-state index in [1.165, 1.54) is 11.3 Å². The third-order valence-electron chi connectivity index (χ3n) is 4.11. The van der Waals surface area contributed by atoms with Crippen LogP contribution in [0.5, 0.6) is 0 Å². The Balaban J connectivity index is 1.78. The zero-order valence-corrected chi connectivity index (χ0v) is 17.3. The molecular weight excluding hydrogens is 422 g/mol. The number of thioether (sulfide) groups is 1. The Labute approximate surface area is 163 Å². The maximum Gasteiger partial charge on any atom is 0.249 e. The third kappa shape index (κ3) is 3.75. The summed E-state index contributed by atoms with van der Waals surface area (Å²) >= 11 is 6.46. The summed E-state index contributed by atoms with van der Waals surface area (Å²) in [7, 11) is 0. The first-order valence-corrected chi connectivity index (χ1v) is 10.3. The number of halogens is 1. The van der Waals surface area contributed by atoms with E-state index >= 15 is 0 Å². The molecule has 25 heavy (non-hydrogen) atoms. The molecule has 2 amide bonds. The van der Waals surface area contributed by atoms with Crippen molar-refractivity contribution in [3.63, 3.8) is 0 Å². The van der Waals surface area contributed by atoms with E-state index in [2.05, 4.69) is 26.2 Å². The summed E-state index contributed by atoms with van der Waals surface area (Å²) in [6.45, 7) is 5.87. The molecule has 8 heteroatoms. The maximum atomic E-state index is 12.6. The normalized spacial score (nSPS) is 19.0. The molecule has 1 fully saturated rings. The summed E-state index contributed by atoms with van der Waals surface area (Å²) in [5, 5.41) is 3.43. The largest absolute Gasteiger partial charge is 0.318 e. The van der Waals surface area contributed by atoms with Crippen LogP contribution in [0.1, 0.15) is 18.7 Å². The van der Waals surface area contributed by atoms with E-state index in [1.54, 1.807) is 16.7 Å². The van der Waals surface area contributed by atoms with Crippen LogP contribution >= 0.6 is 39.0 Å². The fourth-order valence-electron chi connectivity index (χ4n) is 2.73. The van der Waals surface area contributed by atoms with Crippen molar-refractivity contribution >= 4 is 56.5 Å². The second kappa shape index (κ2) is 7.09. The second-order valence-electron chi connectivity index (χ2n) is 6.21. The highest BCUT2D eigenvalue weighted by Gasteiger charge is 2.43. The Hall–Kier alpha value is -1.38. The summed E-state index contributed by atoms with van der Waals surface area (Å²) in [6.07, 6.45) is 0.755. The van der Waals surface area contributed by atoms with Gasteiger partial charge in [-0.05, 0) is 32.9 Å². The molecule has 2 heterocycles. The van der Waals surface area contributed by atoms with Crippen LogP contribution in [0.15, 0.2) is 28.7 Å². The van der Waals surface area contributed by atoms with E-state index in [9.17, 15) is 9.59 Å². The van der Waals surface area contributed by atoms with Crippen LogP contribution in [-0.2, 0) is 9.59 Å². The SMILES string of the molecule is Cc1sc(NC(=O)[C@@H]2CSC(C)(C)N2C=O)nc1-c1ccc(Br)cc1. The molecule has 1 atom stereocenters. The Morgan fingerprint density at radius 3 is 2.72 bits per heavy atom. The van der Waals surface area contributed by atoms with Crippen LogP contribution in [0, 0.1) is 6.92 Å². The number of carbonyl (C=O) groups excluding carboxylic acids is 2. The van der Waals surface area contributed by atoms with Gasteiger partial charge in [0.15, 0.2) is 5.13 Å². The van der Waals surface area contributed by atoms with Crippen LogP contribution < -0.4 is 5.32 Å². The fourth-order valence-corrected chi connectivity index (χ4v) is 5.03. The molecule has 0 radical (unpaired) electrons. The average molecular weight is 440 g/mol. The van der Waals surface area contributed by atoms with Crippen LogP contribution in [-0.4, -0.2) is 38.9 Å². The molecular formula is C17H18BrN3O2S2. The summed E-state index contributed by atoms with van der Waals surface area (Å²) < 4.78 is 1.01. The highest BCUT2D eigenvalue weighted by atomic mass is 79.9. The van der Waals surface area contributed by atoms with E-state index in [-0.39, 0.29) is 10.8 Å². The van der Waals surface area contributed by atoms with Gasteiger partial charge in [0.05, 0.1) is 10.6 Å². The van der Waals surface area contributed by atoms with Crippen molar-refractivity contribution in [1.82, 2.24) is 9.88 Å². The number of aromatic nitrogens is 1. The molecule has 1 aliphatic rings. The van der Waals surface area contributed by atoms with Crippen molar-refractivity contribution in [3.8, 4) is 11.3 Å². The number of aryl methyl sites for hydroxylation is 1. The monoisotopic (exact) mass is 439 g/mol. The number of carbonyl (C=O) groups is 2. The zero-order valence-electron chi connectivity index (χ0n) is 14.1. The van der Waals surface area contributed by atoms with Gasteiger partial charge in [-0.2, -0.15) is 0 Å². The molecule has 0 unspecified atom stereocenters. The van der Waals surface area contributed by atoms with Gasteiger partial charge in [0.1, 0.15) is 6.04 Å². The molecule has 1 aromatic carbocycles. The number of nitrogens with one attached hydrogen (secondary N) is 1. The first-order chi connectivity index (χ1) is 11.8. The highest BCUT2D eigenvalue weighted by Crippen LogP contribution is 2.38. The molecule has 3 rings (SSSR count). The van der Waals surface area contributed by atoms with Gasteiger partial charge in [0.2, 0.25) is 12.3 Å². The van der Waals surface area contributed by atoms with Crippen molar-refractivity contribution in [2.24, 2.45) is 0 Å². The molecule has 0 bridgehead atoms. The standard InChI is InChI=1S/C17H18BrN3O2S2/c1-10-14(11-4-6-12(18)7-5-11)19-16(25-10)20-15(23)13-8-24-17(2,3)21(13)9-22/h4-7,9,13H,8H2,1-3H3,(H,19,20,23)/t13-/m0/s1. The van der Waals surface area contributed by atoms with Gasteiger partial charge in [-0.25, -0.2) is 4.98 Å². The predicted octanol–water partition coefficient (Wildman–Crippen LogP) is 4.13. The van der Waals surface area contributed by atoms with Crippen molar-refractivity contribution in [2.75, 3.05) is 11.1 Å². The molecule has 1 N–H and O–H groups in total. The third-order valence-corrected chi connectivity index (χ3v) is 6.93. The number of rotatable bonds is 4. The molecule has 0 spiro atoms. The van der Waals surface area contributed by atoms with E-state index < -0.39 is 6.04 Å². The minimum Gasteiger partial charge on any atom is -0.318 e. The van der Waals surface area contributed by atoms with Crippen molar-refractivity contribution in [1.29, 1.82) is 0 Å². The number of hydrogen-bond donors (Lipinski definition) is 1. The minimum absolute atomic E-state index is 0.193. The lowest BCUT2D eigenvalue weighted by atomic mass is 10.1. The molecule has 2 aromatic rings. The number of hydrogen-bond acceptors (Lipinski definition) is 5. The second-order valence-corrected chi connectivity index (χ2v) is 9.95. The summed E-state index contributed by atoms with van der Waals surface area (Å²) in [4.78, 5) is 30.8. The Morgan fingerprint density at radius 2 is 2.08 bits per heavy atom. The van der Waals surface area contributed by atoms with Gasteiger partial charge < -0.3 is 10.2 Å². The molecule has 1 saturated heterocycles. The van der Waals surface area contributed by atoms with Crippen molar-refractivity contribution in [2.45, 2.75) is 31.7 Å². The van der Waals surface area contributed by atoms with Gasteiger partial charge in [0.25, 0.3) is 0 Å². The highest BCUT2D eigenvalue weighted by molar-refractivity contribution is 9.10. The van der Waals surface area contributed by atoms with E-state index in [4.69, 9.17) is 0 Å². The van der Waals surface area contributed by atoms with E-state index in [0.717, 1.165) is 27.0 Å². The molecule has 1 aromatic heterocycles. The smallest absolute Gasteiger partial charge is 0.249 e. The lowest BCUT2D eigenvalue weighted by Crippen LogP contribution is -2.47.